The predicted octanol–water partition coefficient (Wildman–Crippen LogP) is 5.19. The van der Waals surface area contributed by atoms with Crippen molar-refractivity contribution >= 4 is 34.6 Å². The molecule has 0 saturated heterocycles. The van der Waals surface area contributed by atoms with Crippen molar-refractivity contribution in [2.24, 2.45) is 10.2 Å². The molecule has 0 bridgehead atoms. The Labute approximate surface area is 213 Å². The van der Waals surface area contributed by atoms with Crippen molar-refractivity contribution in [2.75, 3.05) is 10.6 Å². The van der Waals surface area contributed by atoms with Gasteiger partial charge in [-0.1, -0.05) is 23.8 Å². The first kappa shape index (κ1) is 25.3. The molecule has 0 atom stereocenters. The number of nitrogens with zero attached hydrogens (tertiary/aromatic N) is 5. The lowest BCUT2D eigenvalue weighted by atomic mass is 10.1. The molecule has 0 saturated carbocycles. The van der Waals surface area contributed by atoms with Crippen LogP contribution in [0.15, 0.2) is 62.3 Å². The van der Waals surface area contributed by atoms with E-state index in [1.807, 2.05) is 50.2 Å². The van der Waals surface area contributed by atoms with Crippen LogP contribution in [0.1, 0.15) is 29.2 Å². The number of aromatic nitrogens is 4. The molecule has 0 fully saturated rings. The Hall–Kier alpha value is -4.80. The normalized spacial score (nSPS) is 11.2. The van der Waals surface area contributed by atoms with Crippen molar-refractivity contribution in [3.8, 4) is 5.88 Å². The van der Waals surface area contributed by atoms with Crippen molar-refractivity contribution in [3.05, 3.63) is 85.6 Å². The quantitative estimate of drug-likeness (QED) is 0.255. The van der Waals surface area contributed by atoms with Crippen LogP contribution in [-0.2, 0) is 6.54 Å². The minimum atomic E-state index is -0.565. The summed E-state index contributed by atoms with van der Waals surface area (Å²) in [5, 5.41) is 24.9. The lowest BCUT2D eigenvalue weighted by Crippen LogP contribution is -2.20. The Morgan fingerprint density at radius 2 is 1.62 bits per heavy atom. The molecule has 2 heterocycles. The van der Waals surface area contributed by atoms with Crippen molar-refractivity contribution < 1.29 is 5.11 Å². The number of rotatable bonds is 7. The number of nitrogens with one attached hydrogen (secondary N) is 3. The predicted molar refractivity (Wildman–Crippen MR) is 143 cm³/mol. The third kappa shape index (κ3) is 5.56. The number of aromatic amines is 1. The maximum atomic E-state index is 12.8. The third-order valence-corrected chi connectivity index (χ3v) is 5.96. The standard InChI is InChI=1S/C26H28N8O3/c1-6-34-22(35)17(5)16(4)21(23(34)36)33-32-20-13-19(12-9-15(20)3)28-25-29-24(30-26(37)31-25)27-18-10-7-14(2)8-11-18/h7-13,35H,6H2,1-5H3,(H3,27,28,29,30,31,37). The van der Waals surface area contributed by atoms with E-state index in [0.29, 0.717) is 29.0 Å². The Morgan fingerprint density at radius 3 is 2.32 bits per heavy atom. The highest BCUT2D eigenvalue weighted by Crippen LogP contribution is 2.29. The smallest absolute Gasteiger partial charge is 0.351 e. The van der Waals surface area contributed by atoms with Crippen LogP contribution in [0.5, 0.6) is 5.88 Å². The Balaban J connectivity index is 1.62. The topological polar surface area (TPSA) is 150 Å². The van der Waals surface area contributed by atoms with Crippen LogP contribution in [0.4, 0.5) is 34.6 Å². The number of anilines is 4. The van der Waals surface area contributed by atoms with Crippen molar-refractivity contribution in [2.45, 2.75) is 41.2 Å². The molecule has 11 nitrogen and oxygen atoms in total. The molecule has 2 aromatic carbocycles. The summed E-state index contributed by atoms with van der Waals surface area (Å²) in [5.74, 6) is 0.270. The average Bonchev–Trinajstić information content (AvgIpc) is 2.86. The van der Waals surface area contributed by atoms with E-state index < -0.39 is 11.2 Å². The Bertz CT molecular complexity index is 1600. The zero-order valence-electron chi connectivity index (χ0n) is 21.2. The lowest BCUT2D eigenvalue weighted by molar-refractivity contribution is 0.406. The van der Waals surface area contributed by atoms with E-state index in [2.05, 4.69) is 35.8 Å². The van der Waals surface area contributed by atoms with Gasteiger partial charge in [-0.3, -0.25) is 14.3 Å². The Morgan fingerprint density at radius 1 is 0.919 bits per heavy atom. The number of aromatic hydroxyl groups is 1. The van der Waals surface area contributed by atoms with Crippen LogP contribution in [0, 0.1) is 27.7 Å². The summed E-state index contributed by atoms with van der Waals surface area (Å²) in [4.78, 5) is 35.7. The Kier molecular flexibility index (Phi) is 7.14. The first-order chi connectivity index (χ1) is 17.7. The van der Waals surface area contributed by atoms with Crippen LogP contribution < -0.4 is 21.9 Å². The van der Waals surface area contributed by atoms with E-state index in [0.717, 1.165) is 16.8 Å². The summed E-state index contributed by atoms with van der Waals surface area (Å²) in [7, 11) is 0. The SMILES string of the molecule is CCn1c(O)c(C)c(C)c(N=Nc2cc(Nc3nc(Nc4ccc(C)cc4)nc(=O)[nH]3)ccc2C)c1=O. The van der Waals surface area contributed by atoms with Gasteiger partial charge in [0.15, 0.2) is 11.6 Å². The zero-order chi connectivity index (χ0) is 26.7. The van der Waals surface area contributed by atoms with Gasteiger partial charge >= 0.3 is 5.69 Å². The van der Waals surface area contributed by atoms with Crippen LogP contribution in [0.3, 0.4) is 0 Å². The number of benzene rings is 2. The second-order valence-electron chi connectivity index (χ2n) is 8.61. The summed E-state index contributed by atoms with van der Waals surface area (Å²) in [6.07, 6.45) is 0. The number of aryl methyl sites for hydroxylation is 2. The van der Waals surface area contributed by atoms with Gasteiger partial charge in [0.25, 0.3) is 5.56 Å². The van der Waals surface area contributed by atoms with E-state index in [-0.39, 0.29) is 23.5 Å². The molecule has 0 radical (unpaired) electrons. The average molecular weight is 501 g/mol. The second kappa shape index (κ2) is 10.4. The van der Waals surface area contributed by atoms with E-state index in [9.17, 15) is 14.7 Å². The fraction of sp³-hybridized carbons (Fsp3) is 0.231. The number of pyridine rings is 1. The number of H-pyrrole nitrogens is 1. The monoisotopic (exact) mass is 500 g/mol. The third-order valence-electron chi connectivity index (χ3n) is 5.96. The van der Waals surface area contributed by atoms with Crippen LogP contribution in [0.25, 0.3) is 0 Å². The molecule has 0 unspecified atom stereocenters. The van der Waals surface area contributed by atoms with Gasteiger partial charge < -0.3 is 15.7 Å². The molecular formula is C26H28N8O3. The molecule has 0 spiro atoms. The molecule has 37 heavy (non-hydrogen) atoms. The highest BCUT2D eigenvalue weighted by Gasteiger charge is 2.15. The van der Waals surface area contributed by atoms with Gasteiger partial charge in [-0.05, 0) is 70.0 Å². The summed E-state index contributed by atoms with van der Waals surface area (Å²) >= 11 is 0. The van der Waals surface area contributed by atoms with Gasteiger partial charge in [0.05, 0.1) is 5.69 Å². The summed E-state index contributed by atoms with van der Waals surface area (Å²) in [5.41, 5.74) is 4.14. The van der Waals surface area contributed by atoms with Gasteiger partial charge in [0, 0.05) is 23.5 Å². The largest absolute Gasteiger partial charge is 0.494 e. The van der Waals surface area contributed by atoms with Crippen molar-refractivity contribution in [1.29, 1.82) is 0 Å². The summed E-state index contributed by atoms with van der Waals surface area (Å²) < 4.78 is 1.26. The molecule has 0 amide bonds. The highest BCUT2D eigenvalue weighted by molar-refractivity contribution is 5.63. The molecule has 0 aliphatic rings. The maximum Gasteiger partial charge on any atom is 0.351 e. The van der Waals surface area contributed by atoms with Crippen molar-refractivity contribution in [3.63, 3.8) is 0 Å². The molecule has 4 aromatic rings. The molecule has 0 aliphatic carbocycles. The van der Waals surface area contributed by atoms with Gasteiger partial charge in [0.1, 0.15) is 0 Å². The van der Waals surface area contributed by atoms with Gasteiger partial charge in [-0.15, -0.1) is 5.11 Å². The van der Waals surface area contributed by atoms with E-state index >= 15 is 0 Å². The van der Waals surface area contributed by atoms with Gasteiger partial charge in [0.2, 0.25) is 11.9 Å². The minimum absolute atomic E-state index is 0.0681. The molecule has 190 valence electrons. The second-order valence-corrected chi connectivity index (χ2v) is 8.61. The van der Waals surface area contributed by atoms with Crippen LogP contribution in [-0.4, -0.2) is 24.6 Å². The lowest BCUT2D eigenvalue weighted by Gasteiger charge is -2.12. The number of azo groups is 1. The molecular weight excluding hydrogens is 472 g/mol. The fourth-order valence-electron chi connectivity index (χ4n) is 3.64. The van der Waals surface area contributed by atoms with Crippen LogP contribution in [0.2, 0.25) is 0 Å². The van der Waals surface area contributed by atoms with Gasteiger partial charge in [-0.2, -0.15) is 15.1 Å². The van der Waals surface area contributed by atoms with E-state index in [1.54, 1.807) is 26.8 Å². The maximum absolute atomic E-state index is 12.8. The summed E-state index contributed by atoms with van der Waals surface area (Å²) in [6.45, 7) is 9.39. The summed E-state index contributed by atoms with van der Waals surface area (Å²) in [6, 6.07) is 13.0. The zero-order valence-corrected chi connectivity index (χ0v) is 21.2. The minimum Gasteiger partial charge on any atom is -0.494 e. The van der Waals surface area contributed by atoms with Gasteiger partial charge in [-0.25, -0.2) is 4.79 Å². The molecule has 4 N–H and O–H groups in total. The molecule has 0 aliphatic heterocycles. The van der Waals surface area contributed by atoms with E-state index in [4.69, 9.17) is 0 Å². The number of hydrogen-bond acceptors (Lipinski definition) is 9. The fourth-order valence-corrected chi connectivity index (χ4v) is 3.64. The highest BCUT2D eigenvalue weighted by atomic mass is 16.3. The first-order valence-corrected chi connectivity index (χ1v) is 11.7. The van der Waals surface area contributed by atoms with E-state index in [1.165, 1.54) is 4.57 Å². The number of hydrogen-bond donors (Lipinski definition) is 4. The first-order valence-electron chi connectivity index (χ1n) is 11.7. The van der Waals surface area contributed by atoms with Crippen molar-refractivity contribution in [1.82, 2.24) is 19.5 Å². The molecule has 11 heteroatoms. The molecule has 2 aromatic heterocycles. The molecule has 4 rings (SSSR count). The van der Waals surface area contributed by atoms with Crippen LogP contribution >= 0.6 is 0 Å².